The molecule has 0 heterocycles. The fraction of sp³-hybridized carbons (Fsp3) is 0.462. The predicted octanol–water partition coefficient (Wildman–Crippen LogP) is 1.65. The maximum Gasteiger partial charge on any atom is 0.305 e. The van der Waals surface area contributed by atoms with Gasteiger partial charge in [0.2, 0.25) is 10.0 Å². The molecule has 0 aromatic heterocycles. The highest BCUT2D eigenvalue weighted by Gasteiger charge is 2.25. The summed E-state index contributed by atoms with van der Waals surface area (Å²) in [6.45, 7) is 5.40. The number of hydrogen-bond acceptors (Lipinski definition) is 4. The van der Waals surface area contributed by atoms with E-state index < -0.39 is 21.5 Å². The quantitative estimate of drug-likeness (QED) is 0.711. The molecular weight excluding hydrogens is 280 g/mol. The molecule has 0 unspecified atom stereocenters. The first-order chi connectivity index (χ1) is 9.18. The van der Waals surface area contributed by atoms with Crippen molar-refractivity contribution in [2.24, 2.45) is 0 Å². The van der Waals surface area contributed by atoms with Crippen LogP contribution in [0.2, 0.25) is 0 Å². The largest absolute Gasteiger partial charge is 0.481 e. The molecule has 0 radical (unpaired) electrons. The van der Waals surface area contributed by atoms with Gasteiger partial charge in [-0.2, -0.15) is 0 Å². The van der Waals surface area contributed by atoms with Crippen molar-refractivity contribution in [3.8, 4) is 0 Å². The van der Waals surface area contributed by atoms with E-state index in [1.54, 1.807) is 39.0 Å². The standard InChI is InChI=1S/C13H20N2O4S/c1-4-14-20(18,19)11-8-6-5-7-10(11)15-13(2,3)9-12(16)17/h5-8,14-15H,4,9H2,1-3H3,(H,16,17). The lowest BCUT2D eigenvalue weighted by molar-refractivity contribution is -0.137. The number of carbonyl (C=O) groups is 1. The van der Waals surface area contributed by atoms with Gasteiger partial charge in [0.25, 0.3) is 0 Å². The number of carboxylic acid groups (broad SMARTS) is 1. The van der Waals surface area contributed by atoms with Crippen LogP contribution < -0.4 is 10.0 Å². The number of rotatable bonds is 7. The van der Waals surface area contributed by atoms with Crippen molar-refractivity contribution in [2.75, 3.05) is 11.9 Å². The highest BCUT2D eigenvalue weighted by atomic mass is 32.2. The van der Waals surface area contributed by atoms with Crippen molar-refractivity contribution in [1.82, 2.24) is 4.72 Å². The monoisotopic (exact) mass is 300 g/mol. The molecule has 0 bridgehead atoms. The van der Waals surface area contributed by atoms with Crippen LogP contribution in [0.1, 0.15) is 27.2 Å². The summed E-state index contributed by atoms with van der Waals surface area (Å²) in [6.07, 6.45) is -0.122. The van der Waals surface area contributed by atoms with Gasteiger partial charge < -0.3 is 10.4 Å². The Morgan fingerprint density at radius 1 is 1.30 bits per heavy atom. The molecule has 0 aliphatic carbocycles. The zero-order chi connectivity index (χ0) is 15.4. The molecule has 0 fully saturated rings. The number of aliphatic carboxylic acids is 1. The van der Waals surface area contributed by atoms with E-state index in [-0.39, 0.29) is 17.9 Å². The van der Waals surface area contributed by atoms with E-state index in [0.717, 1.165) is 0 Å². The summed E-state index contributed by atoms with van der Waals surface area (Å²) >= 11 is 0. The van der Waals surface area contributed by atoms with E-state index in [9.17, 15) is 13.2 Å². The van der Waals surface area contributed by atoms with Gasteiger partial charge in [0.1, 0.15) is 4.90 Å². The lowest BCUT2D eigenvalue weighted by atomic mass is 10.0. The molecule has 0 saturated heterocycles. The number of nitrogens with one attached hydrogen (secondary N) is 2. The van der Waals surface area contributed by atoms with Crippen LogP contribution in [0.5, 0.6) is 0 Å². The van der Waals surface area contributed by atoms with Crippen LogP contribution in [0.3, 0.4) is 0 Å². The van der Waals surface area contributed by atoms with Gasteiger partial charge in [0.15, 0.2) is 0 Å². The van der Waals surface area contributed by atoms with Crippen LogP contribution in [-0.4, -0.2) is 31.6 Å². The Balaban J connectivity index is 3.12. The number of benzene rings is 1. The molecule has 0 aliphatic heterocycles. The second-order valence-electron chi connectivity index (χ2n) is 5.08. The predicted molar refractivity (Wildman–Crippen MR) is 77.3 cm³/mol. The van der Waals surface area contributed by atoms with Crippen molar-refractivity contribution >= 4 is 21.7 Å². The average molecular weight is 300 g/mol. The summed E-state index contributed by atoms with van der Waals surface area (Å²) in [6, 6.07) is 6.43. The van der Waals surface area contributed by atoms with Gasteiger partial charge >= 0.3 is 5.97 Å². The lowest BCUT2D eigenvalue weighted by Gasteiger charge is -2.27. The molecule has 0 amide bonds. The van der Waals surface area contributed by atoms with Crippen molar-refractivity contribution in [3.63, 3.8) is 0 Å². The molecule has 6 nitrogen and oxygen atoms in total. The molecule has 112 valence electrons. The number of para-hydroxylation sites is 1. The van der Waals surface area contributed by atoms with Gasteiger partial charge in [-0.25, -0.2) is 13.1 Å². The molecule has 0 spiro atoms. The third kappa shape index (κ3) is 4.50. The topological polar surface area (TPSA) is 95.5 Å². The fourth-order valence-corrected chi connectivity index (χ4v) is 3.06. The minimum Gasteiger partial charge on any atom is -0.481 e. The molecule has 7 heteroatoms. The lowest BCUT2D eigenvalue weighted by Crippen LogP contribution is -2.35. The van der Waals surface area contributed by atoms with Gasteiger partial charge in [0, 0.05) is 12.1 Å². The van der Waals surface area contributed by atoms with Crippen molar-refractivity contribution in [3.05, 3.63) is 24.3 Å². The van der Waals surface area contributed by atoms with Gasteiger partial charge in [0.05, 0.1) is 12.1 Å². The Bertz CT molecular complexity index is 582. The van der Waals surface area contributed by atoms with Gasteiger partial charge in [-0.05, 0) is 26.0 Å². The molecule has 0 atom stereocenters. The Morgan fingerprint density at radius 2 is 1.90 bits per heavy atom. The van der Waals surface area contributed by atoms with Crippen LogP contribution in [-0.2, 0) is 14.8 Å². The normalized spacial score (nSPS) is 12.2. The maximum atomic E-state index is 12.1. The molecule has 1 aromatic carbocycles. The Morgan fingerprint density at radius 3 is 2.45 bits per heavy atom. The first-order valence-corrected chi connectivity index (χ1v) is 7.75. The molecule has 0 aliphatic rings. The highest BCUT2D eigenvalue weighted by Crippen LogP contribution is 2.25. The number of carboxylic acids is 1. The van der Waals surface area contributed by atoms with Gasteiger partial charge in [-0.15, -0.1) is 0 Å². The number of anilines is 1. The molecule has 1 aromatic rings. The summed E-state index contributed by atoms with van der Waals surface area (Å²) < 4.78 is 26.6. The Hall–Kier alpha value is -1.60. The highest BCUT2D eigenvalue weighted by molar-refractivity contribution is 7.89. The number of hydrogen-bond donors (Lipinski definition) is 3. The number of sulfonamides is 1. The van der Waals surface area contributed by atoms with Crippen molar-refractivity contribution in [1.29, 1.82) is 0 Å². The summed E-state index contributed by atoms with van der Waals surface area (Å²) in [5, 5.41) is 11.9. The molecule has 1 rings (SSSR count). The van der Waals surface area contributed by atoms with Crippen LogP contribution in [0.15, 0.2) is 29.2 Å². The van der Waals surface area contributed by atoms with E-state index in [1.165, 1.54) is 6.07 Å². The molecule has 0 saturated carbocycles. The summed E-state index contributed by atoms with van der Waals surface area (Å²) in [7, 11) is -3.60. The average Bonchev–Trinajstić information content (AvgIpc) is 2.26. The first-order valence-electron chi connectivity index (χ1n) is 6.26. The minimum absolute atomic E-state index is 0.111. The maximum absolute atomic E-state index is 12.1. The van der Waals surface area contributed by atoms with E-state index in [0.29, 0.717) is 5.69 Å². The van der Waals surface area contributed by atoms with E-state index >= 15 is 0 Å². The molecular formula is C13H20N2O4S. The van der Waals surface area contributed by atoms with Crippen LogP contribution in [0, 0.1) is 0 Å². The first kappa shape index (κ1) is 16.5. The smallest absolute Gasteiger partial charge is 0.305 e. The van der Waals surface area contributed by atoms with Gasteiger partial charge in [-0.1, -0.05) is 19.1 Å². The molecule has 20 heavy (non-hydrogen) atoms. The van der Waals surface area contributed by atoms with Crippen molar-refractivity contribution < 1.29 is 18.3 Å². The second kappa shape index (κ2) is 6.23. The van der Waals surface area contributed by atoms with Crippen molar-refractivity contribution in [2.45, 2.75) is 37.6 Å². The molecule has 3 N–H and O–H groups in total. The fourth-order valence-electron chi connectivity index (χ4n) is 1.86. The Kier molecular flexibility index (Phi) is 5.13. The summed E-state index contributed by atoms with van der Waals surface area (Å²) in [5.74, 6) is -0.950. The SMILES string of the molecule is CCNS(=O)(=O)c1ccccc1NC(C)(C)CC(=O)O. The van der Waals surface area contributed by atoms with Crippen LogP contribution >= 0.6 is 0 Å². The second-order valence-corrected chi connectivity index (χ2v) is 6.81. The zero-order valence-electron chi connectivity index (χ0n) is 11.8. The third-order valence-corrected chi connectivity index (χ3v) is 4.18. The summed E-state index contributed by atoms with van der Waals surface area (Å²) in [4.78, 5) is 10.9. The minimum atomic E-state index is -3.60. The third-order valence-electron chi connectivity index (χ3n) is 2.58. The Labute approximate surface area is 119 Å². The van der Waals surface area contributed by atoms with E-state index in [1.807, 2.05) is 0 Å². The van der Waals surface area contributed by atoms with E-state index in [2.05, 4.69) is 10.0 Å². The zero-order valence-corrected chi connectivity index (χ0v) is 12.6. The van der Waals surface area contributed by atoms with Crippen LogP contribution in [0.4, 0.5) is 5.69 Å². The van der Waals surface area contributed by atoms with Crippen LogP contribution in [0.25, 0.3) is 0 Å². The summed E-state index contributed by atoms with van der Waals surface area (Å²) in [5.41, 5.74) is -0.372. The van der Waals surface area contributed by atoms with E-state index in [4.69, 9.17) is 5.11 Å². The van der Waals surface area contributed by atoms with Gasteiger partial charge in [-0.3, -0.25) is 4.79 Å².